The predicted octanol–water partition coefficient (Wildman–Crippen LogP) is 8.46. The molecule has 8 rings (SSSR count). The molecule has 16 nitrogen and oxygen atoms in total. The number of hydrogen-bond donors (Lipinski definition) is 4. The molecule has 5 atom stereocenters. The van der Waals surface area contributed by atoms with E-state index in [1.165, 1.54) is 14.2 Å². The summed E-state index contributed by atoms with van der Waals surface area (Å²) in [5, 5.41) is 5.94. The number of ether oxygens (including phenoxy) is 4. The average Bonchev–Trinajstić information content (AvgIpc) is 4.17. The smallest absolute Gasteiger partial charge is 0.407 e. The number of carbonyl (C=O) groups excluding carboxylic acids is 4. The lowest BCUT2D eigenvalue weighted by molar-refractivity contribution is -0.136. The first kappa shape index (κ1) is 47.3. The molecule has 17 heteroatoms. The second kappa shape index (κ2) is 20.7. The Hall–Kier alpha value is -6.23. The molecular weight excluding hydrogens is 876 g/mol. The first-order valence-electron chi connectivity index (χ1n) is 23.0. The van der Waals surface area contributed by atoms with Gasteiger partial charge in [0.15, 0.2) is 0 Å². The van der Waals surface area contributed by atoms with Gasteiger partial charge in [-0.3, -0.25) is 9.59 Å². The number of aromatic nitrogens is 4. The van der Waals surface area contributed by atoms with Crippen molar-refractivity contribution in [2.24, 2.45) is 11.8 Å². The maximum Gasteiger partial charge on any atom is 0.407 e. The van der Waals surface area contributed by atoms with E-state index >= 15 is 0 Å². The van der Waals surface area contributed by atoms with Crippen molar-refractivity contribution in [2.45, 2.75) is 90.3 Å². The highest BCUT2D eigenvalue weighted by atomic mass is 35.5. The molecule has 1 unspecified atom stereocenters. The Kier molecular flexibility index (Phi) is 14.6. The van der Waals surface area contributed by atoms with Crippen LogP contribution in [0, 0.1) is 11.8 Å². The van der Waals surface area contributed by atoms with Crippen LogP contribution in [0.3, 0.4) is 0 Å². The maximum atomic E-state index is 14.1. The average molecular weight is 936 g/mol. The molecule has 2 fully saturated rings. The van der Waals surface area contributed by atoms with Crippen LogP contribution >= 0.6 is 11.6 Å². The summed E-state index contributed by atoms with van der Waals surface area (Å²) in [5.74, 6) is 0.641. The number of nitrogens with zero attached hydrogens (tertiary/aromatic N) is 4. The molecule has 3 aliphatic heterocycles. The summed E-state index contributed by atoms with van der Waals surface area (Å²) in [4.78, 5) is 72.2. The van der Waals surface area contributed by atoms with E-state index in [4.69, 9.17) is 40.5 Å². The van der Waals surface area contributed by atoms with Crippen molar-refractivity contribution in [2.75, 3.05) is 40.5 Å². The molecule has 4 bridgehead atoms. The molecule has 3 aliphatic rings. The Balaban J connectivity index is 0.967. The van der Waals surface area contributed by atoms with Crippen LogP contribution in [0.15, 0.2) is 72.9 Å². The number of benzene rings is 3. The Labute approximate surface area is 395 Å². The summed E-state index contributed by atoms with van der Waals surface area (Å²) in [7, 11) is 2.57. The van der Waals surface area contributed by atoms with Gasteiger partial charge in [-0.05, 0) is 65.0 Å². The fourth-order valence-corrected chi connectivity index (χ4v) is 9.50. The van der Waals surface area contributed by atoms with Gasteiger partial charge in [-0.25, -0.2) is 19.6 Å². The number of carbonyl (C=O) groups is 4. The number of nitrogens with one attached hydrogen (secondary N) is 4. The second-order valence-electron chi connectivity index (χ2n) is 18.0. The van der Waals surface area contributed by atoms with Gasteiger partial charge in [0, 0.05) is 38.3 Å². The number of methoxy groups -OCH3 is 2. The molecule has 4 N–H and O–H groups in total. The molecule has 67 heavy (non-hydrogen) atoms. The van der Waals surface area contributed by atoms with Gasteiger partial charge < -0.3 is 49.3 Å². The van der Waals surface area contributed by atoms with E-state index in [1.807, 2.05) is 45.9 Å². The van der Waals surface area contributed by atoms with E-state index in [2.05, 4.69) is 69.1 Å². The molecule has 354 valence electrons. The molecule has 2 saturated heterocycles. The lowest BCUT2D eigenvalue weighted by atomic mass is 9.98. The summed E-state index contributed by atoms with van der Waals surface area (Å²) >= 11 is 7.09. The van der Waals surface area contributed by atoms with E-state index in [0.717, 1.165) is 57.6 Å². The van der Waals surface area contributed by atoms with Gasteiger partial charge in [0.2, 0.25) is 11.8 Å². The number of alkyl carbamates (subject to hydrolysis) is 2. The van der Waals surface area contributed by atoms with Crippen LogP contribution in [0.2, 0.25) is 5.02 Å². The van der Waals surface area contributed by atoms with Gasteiger partial charge in [-0.2, -0.15) is 0 Å². The van der Waals surface area contributed by atoms with Gasteiger partial charge in [0.05, 0.1) is 67.3 Å². The monoisotopic (exact) mass is 934 g/mol. The number of likely N-dealkylation sites (tertiary alicyclic amines) is 2. The van der Waals surface area contributed by atoms with E-state index in [-0.39, 0.29) is 42.4 Å². The number of halogens is 1. The van der Waals surface area contributed by atoms with Crippen molar-refractivity contribution in [3.8, 4) is 44.8 Å². The van der Waals surface area contributed by atoms with Crippen molar-refractivity contribution in [3.05, 3.63) is 95.3 Å². The molecule has 4 amide bonds. The SMILES string of the molecule is COC(=O)N[C@H](C(=O)N1C[C@@H]2C[C@H]1c1nc(-c3ccc(-c4ccc(-c5ccc(-c6cnc(C7CCCN7C(=O)[C@H](NC(=O)OC)C(C)C)[nH]6)cc5)cc4)cc3Cl)c([nH]1)COCCCO2)C(C)C. The molecule has 0 radical (unpaired) electrons. The molecular formula is C50H59ClN8O8. The van der Waals surface area contributed by atoms with Crippen molar-refractivity contribution in [1.82, 2.24) is 40.4 Å². The van der Waals surface area contributed by atoms with Crippen LogP contribution in [0.1, 0.15) is 82.8 Å². The number of H-pyrrole nitrogens is 2. The van der Waals surface area contributed by atoms with Crippen molar-refractivity contribution in [3.63, 3.8) is 0 Å². The van der Waals surface area contributed by atoms with Crippen LogP contribution in [0.5, 0.6) is 0 Å². The highest BCUT2D eigenvalue weighted by molar-refractivity contribution is 6.33. The molecule has 2 aromatic heterocycles. The fourth-order valence-electron chi connectivity index (χ4n) is 9.23. The van der Waals surface area contributed by atoms with E-state index in [0.29, 0.717) is 61.5 Å². The third-order valence-electron chi connectivity index (χ3n) is 12.9. The van der Waals surface area contributed by atoms with Crippen LogP contribution < -0.4 is 10.6 Å². The Morgan fingerprint density at radius 1 is 0.746 bits per heavy atom. The van der Waals surface area contributed by atoms with Crippen molar-refractivity contribution in [1.29, 1.82) is 0 Å². The number of fused-ring (bicyclic) bond motifs is 5. The van der Waals surface area contributed by atoms with E-state index < -0.39 is 30.3 Å². The lowest BCUT2D eigenvalue weighted by Gasteiger charge is -2.30. The number of hydrogen-bond acceptors (Lipinski definition) is 10. The van der Waals surface area contributed by atoms with Gasteiger partial charge in [-0.1, -0.05) is 100.0 Å². The summed E-state index contributed by atoms with van der Waals surface area (Å²) in [5.41, 5.74) is 8.01. The quantitative estimate of drug-likeness (QED) is 0.0999. The molecule has 0 aliphatic carbocycles. The third-order valence-corrected chi connectivity index (χ3v) is 13.2. The maximum absolute atomic E-state index is 14.1. The summed E-state index contributed by atoms with van der Waals surface area (Å²) < 4.78 is 21.9. The van der Waals surface area contributed by atoms with Crippen molar-refractivity contribution >= 4 is 35.6 Å². The lowest BCUT2D eigenvalue weighted by Crippen LogP contribution is -2.51. The molecule has 0 spiro atoms. The topological polar surface area (TPSA) is 193 Å². The highest BCUT2D eigenvalue weighted by Crippen LogP contribution is 2.39. The molecule has 5 aromatic rings. The minimum Gasteiger partial charge on any atom is -0.453 e. The number of aromatic amines is 2. The zero-order valence-corrected chi connectivity index (χ0v) is 39.5. The Morgan fingerprint density at radius 2 is 1.34 bits per heavy atom. The first-order valence-corrected chi connectivity index (χ1v) is 23.3. The first-order chi connectivity index (χ1) is 32.3. The van der Waals surface area contributed by atoms with Crippen LogP contribution in [-0.2, 0) is 35.1 Å². The molecule has 0 saturated carbocycles. The molecule has 5 heterocycles. The summed E-state index contributed by atoms with van der Waals surface area (Å²) in [6.45, 7) is 9.78. The van der Waals surface area contributed by atoms with Gasteiger partial charge >= 0.3 is 12.2 Å². The van der Waals surface area contributed by atoms with Gasteiger partial charge in [0.25, 0.3) is 0 Å². The van der Waals surface area contributed by atoms with Crippen molar-refractivity contribution < 1.29 is 38.1 Å². The van der Waals surface area contributed by atoms with Gasteiger partial charge in [0.1, 0.15) is 23.7 Å². The minimum absolute atomic E-state index is 0.115. The van der Waals surface area contributed by atoms with Crippen LogP contribution in [-0.4, -0.2) is 112 Å². The van der Waals surface area contributed by atoms with Crippen LogP contribution in [0.4, 0.5) is 9.59 Å². The summed E-state index contributed by atoms with van der Waals surface area (Å²) in [6, 6.07) is 20.4. The summed E-state index contributed by atoms with van der Waals surface area (Å²) in [6.07, 6.45) is 3.15. The normalized spacial score (nSPS) is 19.4. The number of imidazole rings is 2. The fraction of sp³-hybridized carbons (Fsp3) is 0.440. The van der Waals surface area contributed by atoms with Gasteiger partial charge in [-0.15, -0.1) is 0 Å². The Morgan fingerprint density at radius 3 is 1.96 bits per heavy atom. The number of amides is 4. The van der Waals surface area contributed by atoms with Crippen LogP contribution in [0.25, 0.3) is 44.8 Å². The standard InChI is InChI=1S/C50H59ClN8O8/c1-28(2)42(56-49(62)64-5)47(60)58-20-7-9-40(58)45-52-25-38(53-45)33-16-14-31(15-17-33)30-10-12-32(13-11-30)34-18-19-36(37(51)23-34)44-39-27-66-21-8-22-67-35-24-41(46(54-39)55-44)59(26-35)48(61)43(29(3)4)57-50(63)65-6/h10-19,23,25,28-29,35,40-43H,7-9,20-22,24,26-27H2,1-6H3,(H,52,53)(H,54,55)(H,56,62)(H,57,63)/t35-,40?,41-,42+,43-/m0/s1. The largest absolute Gasteiger partial charge is 0.453 e. The third kappa shape index (κ3) is 10.4. The highest BCUT2D eigenvalue weighted by Gasteiger charge is 2.43. The Bertz CT molecular complexity index is 2560. The zero-order chi connectivity index (χ0) is 47.4. The second-order valence-corrected chi connectivity index (χ2v) is 18.4. The predicted molar refractivity (Wildman–Crippen MR) is 253 cm³/mol. The van der Waals surface area contributed by atoms with E-state index in [9.17, 15) is 19.2 Å². The zero-order valence-electron chi connectivity index (χ0n) is 38.8. The number of rotatable bonds is 11. The van der Waals surface area contributed by atoms with E-state index in [1.54, 1.807) is 16.0 Å². The molecule has 3 aromatic carbocycles. The minimum atomic E-state index is -0.792.